The van der Waals surface area contributed by atoms with Gasteiger partial charge in [0.1, 0.15) is 11.6 Å². The van der Waals surface area contributed by atoms with E-state index in [0.717, 1.165) is 24.0 Å². The van der Waals surface area contributed by atoms with Gasteiger partial charge in [-0.05, 0) is 43.0 Å². The average Bonchev–Trinajstić information content (AvgIpc) is 2.74. The molecule has 0 saturated carbocycles. The van der Waals surface area contributed by atoms with Crippen molar-refractivity contribution in [1.29, 1.82) is 5.26 Å². The number of aryl methyl sites for hydroxylation is 2. The summed E-state index contributed by atoms with van der Waals surface area (Å²) < 4.78 is 5.04. The van der Waals surface area contributed by atoms with Gasteiger partial charge in [-0.1, -0.05) is 23.2 Å². The summed E-state index contributed by atoms with van der Waals surface area (Å²) in [7, 11) is 0. The quantitative estimate of drug-likeness (QED) is 0.918. The molecule has 3 nitrogen and oxygen atoms in total. The molecule has 2 aromatic rings. The van der Waals surface area contributed by atoms with Crippen LogP contribution in [-0.4, -0.2) is 0 Å². The molecule has 0 unspecified atom stereocenters. The van der Waals surface area contributed by atoms with Gasteiger partial charge in [0.25, 0.3) is 0 Å². The van der Waals surface area contributed by atoms with Crippen molar-refractivity contribution in [3.63, 3.8) is 0 Å². The van der Waals surface area contributed by atoms with E-state index >= 15 is 0 Å². The van der Waals surface area contributed by atoms with Gasteiger partial charge in [0, 0.05) is 15.6 Å². The molecule has 1 heterocycles. The molecule has 0 fully saturated rings. The molecule has 0 radical (unpaired) electrons. The fourth-order valence-corrected chi connectivity index (χ4v) is 2.33. The fraction of sp³-hybridized carbons (Fsp3) is 0.214. The summed E-state index contributed by atoms with van der Waals surface area (Å²) in [5, 5.41) is 10.3. The summed E-state index contributed by atoms with van der Waals surface area (Å²) in [5.41, 5.74) is 7.81. The van der Waals surface area contributed by atoms with Crippen LogP contribution in [0.15, 0.2) is 28.9 Å². The van der Waals surface area contributed by atoms with Crippen molar-refractivity contribution < 1.29 is 4.42 Å². The van der Waals surface area contributed by atoms with Crippen molar-refractivity contribution in [3.8, 4) is 6.07 Å². The number of nitrogens with two attached hydrogens (primary N) is 1. The molecule has 0 atom stereocenters. The third kappa shape index (κ3) is 3.23. The van der Waals surface area contributed by atoms with Gasteiger partial charge in [-0.3, -0.25) is 0 Å². The summed E-state index contributed by atoms with van der Waals surface area (Å²) >= 11 is 12.0. The van der Waals surface area contributed by atoms with Gasteiger partial charge in [-0.15, -0.1) is 0 Å². The summed E-state index contributed by atoms with van der Waals surface area (Å²) in [5.74, 6) is 0.179. The van der Waals surface area contributed by atoms with E-state index in [-0.39, 0.29) is 5.88 Å². The van der Waals surface area contributed by atoms with Crippen molar-refractivity contribution in [3.05, 3.63) is 51.2 Å². The first-order valence-corrected chi connectivity index (χ1v) is 6.57. The summed E-state index contributed by atoms with van der Waals surface area (Å²) in [6.07, 6.45) is 3.88. The van der Waals surface area contributed by atoms with Crippen molar-refractivity contribution in [2.75, 3.05) is 5.73 Å². The number of hydrogen-bond donors (Lipinski definition) is 1. The van der Waals surface area contributed by atoms with Gasteiger partial charge >= 0.3 is 0 Å². The largest absolute Gasteiger partial charge is 0.447 e. The summed E-state index contributed by atoms with van der Waals surface area (Å²) in [6, 6.07) is 7.46. The third-order valence-electron chi connectivity index (χ3n) is 2.91. The van der Waals surface area contributed by atoms with Crippen LogP contribution >= 0.6 is 23.2 Å². The molecule has 0 aliphatic carbocycles. The monoisotopic (exact) mass is 294 g/mol. The van der Waals surface area contributed by atoms with E-state index in [1.807, 2.05) is 12.1 Å². The molecule has 19 heavy (non-hydrogen) atoms. The van der Waals surface area contributed by atoms with Crippen molar-refractivity contribution >= 4 is 29.1 Å². The number of nitriles is 1. The zero-order valence-electron chi connectivity index (χ0n) is 10.1. The van der Waals surface area contributed by atoms with E-state index in [9.17, 15) is 0 Å². The smallest absolute Gasteiger partial charge is 0.208 e. The predicted molar refractivity (Wildman–Crippen MR) is 76.3 cm³/mol. The number of rotatable bonds is 4. The molecule has 2 rings (SSSR count). The zero-order chi connectivity index (χ0) is 13.8. The molecule has 1 aromatic carbocycles. The number of furan rings is 1. The van der Waals surface area contributed by atoms with Crippen LogP contribution in [0.2, 0.25) is 10.0 Å². The first-order valence-electron chi connectivity index (χ1n) is 5.81. The zero-order valence-corrected chi connectivity index (χ0v) is 11.6. The van der Waals surface area contributed by atoms with Gasteiger partial charge in [0.05, 0.1) is 6.26 Å². The maximum Gasteiger partial charge on any atom is 0.208 e. The molecule has 1 aromatic heterocycles. The molecule has 0 aliphatic heterocycles. The molecule has 5 heteroatoms. The number of nitrogens with zero attached hydrogens (tertiary/aromatic N) is 1. The molecule has 0 amide bonds. The third-order valence-corrected chi connectivity index (χ3v) is 3.51. The molecular formula is C14H12Cl2N2O. The maximum atomic E-state index is 8.96. The molecule has 98 valence electrons. The highest BCUT2D eigenvalue weighted by molar-refractivity contribution is 6.33. The Balaban J connectivity index is 2.00. The Labute approximate surface area is 121 Å². The molecular weight excluding hydrogens is 283 g/mol. The minimum absolute atomic E-state index is 0.179. The van der Waals surface area contributed by atoms with Crippen LogP contribution in [0.25, 0.3) is 0 Å². The lowest BCUT2D eigenvalue weighted by Crippen LogP contribution is -1.93. The second-order valence-corrected chi connectivity index (χ2v) is 5.04. The van der Waals surface area contributed by atoms with E-state index in [2.05, 4.69) is 0 Å². The molecule has 0 saturated heterocycles. The maximum absolute atomic E-state index is 8.96. The van der Waals surface area contributed by atoms with Gasteiger partial charge in [-0.25, -0.2) is 0 Å². The molecule has 0 spiro atoms. The second kappa shape index (κ2) is 6.01. The van der Waals surface area contributed by atoms with Gasteiger partial charge < -0.3 is 10.2 Å². The molecule has 0 aliphatic rings. The van der Waals surface area contributed by atoms with E-state index in [4.69, 9.17) is 38.6 Å². The number of nitrogen functional groups attached to an aromatic ring is 1. The van der Waals surface area contributed by atoms with Crippen LogP contribution in [0.5, 0.6) is 0 Å². The standard InChI is InChI=1S/C14H12Cl2N2O/c15-11-4-5-13(16)9(6-11)2-1-3-10-8-19-14(18)12(10)7-17/h4-6,8H,1-3,18H2. The predicted octanol–water partition coefficient (Wildman–Crippen LogP) is 4.22. The molecule has 0 bridgehead atoms. The Kier molecular flexibility index (Phi) is 4.36. The van der Waals surface area contributed by atoms with Gasteiger partial charge in [0.2, 0.25) is 5.88 Å². The SMILES string of the molecule is N#Cc1c(CCCc2cc(Cl)ccc2Cl)coc1N. The van der Waals surface area contributed by atoms with E-state index in [0.29, 0.717) is 22.0 Å². The Morgan fingerprint density at radius 2 is 1.95 bits per heavy atom. The first kappa shape index (κ1) is 13.8. The van der Waals surface area contributed by atoms with Crippen LogP contribution in [0, 0.1) is 11.3 Å². The first-order chi connectivity index (χ1) is 9.11. The Bertz CT molecular complexity index is 627. The number of hydrogen-bond acceptors (Lipinski definition) is 3. The van der Waals surface area contributed by atoms with Gasteiger partial charge in [-0.2, -0.15) is 5.26 Å². The van der Waals surface area contributed by atoms with E-state index in [1.165, 1.54) is 6.26 Å². The van der Waals surface area contributed by atoms with Crippen LogP contribution < -0.4 is 5.73 Å². The van der Waals surface area contributed by atoms with Crippen molar-refractivity contribution in [2.45, 2.75) is 19.3 Å². The fourth-order valence-electron chi connectivity index (χ4n) is 1.93. The highest BCUT2D eigenvalue weighted by Gasteiger charge is 2.10. The van der Waals surface area contributed by atoms with Crippen LogP contribution in [0.1, 0.15) is 23.1 Å². The highest BCUT2D eigenvalue weighted by Crippen LogP contribution is 2.24. The van der Waals surface area contributed by atoms with E-state index in [1.54, 1.807) is 12.1 Å². The van der Waals surface area contributed by atoms with Crippen molar-refractivity contribution in [1.82, 2.24) is 0 Å². The summed E-state index contributed by atoms with van der Waals surface area (Å²) in [4.78, 5) is 0. The van der Waals surface area contributed by atoms with E-state index < -0.39 is 0 Å². The normalized spacial score (nSPS) is 10.4. The highest BCUT2D eigenvalue weighted by atomic mass is 35.5. The van der Waals surface area contributed by atoms with Crippen molar-refractivity contribution in [2.24, 2.45) is 0 Å². The van der Waals surface area contributed by atoms with Gasteiger partial charge in [0.15, 0.2) is 0 Å². The topological polar surface area (TPSA) is 63.0 Å². The lowest BCUT2D eigenvalue weighted by Gasteiger charge is -2.04. The lowest BCUT2D eigenvalue weighted by molar-refractivity contribution is 0.582. The minimum atomic E-state index is 0.179. The van der Waals surface area contributed by atoms with Crippen LogP contribution in [0.3, 0.4) is 0 Å². The second-order valence-electron chi connectivity index (χ2n) is 4.20. The molecule has 2 N–H and O–H groups in total. The van der Waals surface area contributed by atoms with Crippen LogP contribution in [0.4, 0.5) is 5.88 Å². The number of benzene rings is 1. The van der Waals surface area contributed by atoms with Crippen LogP contribution in [-0.2, 0) is 12.8 Å². The Morgan fingerprint density at radius 1 is 1.21 bits per heavy atom. The Morgan fingerprint density at radius 3 is 2.68 bits per heavy atom. The lowest BCUT2D eigenvalue weighted by atomic mass is 10.0. The minimum Gasteiger partial charge on any atom is -0.447 e. The average molecular weight is 295 g/mol. The number of anilines is 1. The summed E-state index contributed by atoms with van der Waals surface area (Å²) in [6.45, 7) is 0. The number of halogens is 2. The Hall–Kier alpha value is -1.63.